The number of nitrogens with two attached hydrogens (primary N) is 1. The molecule has 15 heavy (non-hydrogen) atoms. The molecule has 0 saturated carbocycles. The molecule has 82 valence electrons. The molecule has 0 spiro atoms. The van der Waals surface area contributed by atoms with Crippen LogP contribution in [0.3, 0.4) is 0 Å². The standard InChI is InChI=1S/C9H14N4O2/c1-2-13(5-6-14)8-4-3-7(9(10)15)11-12-8/h3-4,14H,2,5-6H2,1H3,(H2,10,15). The molecular formula is C9H14N4O2. The van der Waals surface area contributed by atoms with Crippen LogP contribution in [0.1, 0.15) is 17.4 Å². The van der Waals surface area contributed by atoms with Gasteiger partial charge in [-0.25, -0.2) is 0 Å². The first-order valence-electron chi connectivity index (χ1n) is 4.68. The van der Waals surface area contributed by atoms with Gasteiger partial charge >= 0.3 is 0 Å². The smallest absolute Gasteiger partial charge is 0.269 e. The molecule has 1 aromatic heterocycles. The van der Waals surface area contributed by atoms with Crippen molar-refractivity contribution in [2.75, 3.05) is 24.6 Å². The zero-order valence-electron chi connectivity index (χ0n) is 8.55. The summed E-state index contributed by atoms with van der Waals surface area (Å²) in [6.07, 6.45) is 0. The van der Waals surface area contributed by atoms with Gasteiger partial charge in [0.05, 0.1) is 6.61 Å². The van der Waals surface area contributed by atoms with E-state index in [4.69, 9.17) is 10.8 Å². The third-order valence-electron chi connectivity index (χ3n) is 1.98. The predicted octanol–water partition coefficient (Wildman–Crippen LogP) is -0.606. The minimum atomic E-state index is -0.598. The minimum Gasteiger partial charge on any atom is -0.395 e. The Morgan fingerprint density at radius 3 is 2.67 bits per heavy atom. The van der Waals surface area contributed by atoms with Crippen molar-refractivity contribution >= 4 is 11.7 Å². The Bertz CT molecular complexity index is 325. The van der Waals surface area contributed by atoms with E-state index in [1.807, 2.05) is 11.8 Å². The molecule has 0 bridgehead atoms. The first-order valence-corrected chi connectivity index (χ1v) is 4.68. The molecule has 6 nitrogen and oxygen atoms in total. The highest BCUT2D eigenvalue weighted by atomic mass is 16.3. The van der Waals surface area contributed by atoms with E-state index in [2.05, 4.69) is 10.2 Å². The summed E-state index contributed by atoms with van der Waals surface area (Å²) in [5, 5.41) is 16.3. The molecule has 1 heterocycles. The van der Waals surface area contributed by atoms with Gasteiger partial charge in [0, 0.05) is 13.1 Å². The summed E-state index contributed by atoms with van der Waals surface area (Å²) in [7, 11) is 0. The highest BCUT2D eigenvalue weighted by molar-refractivity contribution is 5.90. The van der Waals surface area contributed by atoms with Gasteiger partial charge in [-0.1, -0.05) is 0 Å². The van der Waals surface area contributed by atoms with Gasteiger partial charge in [-0.05, 0) is 19.1 Å². The van der Waals surface area contributed by atoms with Gasteiger partial charge in [0.1, 0.15) is 0 Å². The lowest BCUT2D eigenvalue weighted by Crippen LogP contribution is -2.27. The summed E-state index contributed by atoms with van der Waals surface area (Å²) in [4.78, 5) is 12.6. The molecular weight excluding hydrogens is 196 g/mol. The number of hydrogen-bond donors (Lipinski definition) is 2. The van der Waals surface area contributed by atoms with Crippen LogP contribution in [0.15, 0.2) is 12.1 Å². The van der Waals surface area contributed by atoms with Crippen molar-refractivity contribution in [1.29, 1.82) is 0 Å². The molecule has 0 aliphatic carbocycles. The number of primary amides is 1. The Balaban J connectivity index is 2.81. The number of carbonyl (C=O) groups excluding carboxylic acids is 1. The number of rotatable bonds is 5. The molecule has 0 aromatic carbocycles. The van der Waals surface area contributed by atoms with E-state index in [9.17, 15) is 4.79 Å². The third-order valence-corrected chi connectivity index (χ3v) is 1.98. The van der Waals surface area contributed by atoms with E-state index >= 15 is 0 Å². The Morgan fingerprint density at radius 2 is 2.27 bits per heavy atom. The fraction of sp³-hybridized carbons (Fsp3) is 0.444. The molecule has 1 aromatic rings. The third kappa shape index (κ3) is 2.88. The zero-order chi connectivity index (χ0) is 11.3. The van der Waals surface area contributed by atoms with Crippen molar-refractivity contribution in [2.24, 2.45) is 5.73 Å². The van der Waals surface area contributed by atoms with E-state index in [1.54, 1.807) is 6.07 Å². The first kappa shape index (κ1) is 11.4. The number of amides is 1. The van der Waals surface area contributed by atoms with Crippen LogP contribution in [0.5, 0.6) is 0 Å². The van der Waals surface area contributed by atoms with Gasteiger partial charge in [-0.2, -0.15) is 0 Å². The van der Waals surface area contributed by atoms with Gasteiger partial charge in [0.25, 0.3) is 5.91 Å². The van der Waals surface area contributed by atoms with Crippen molar-refractivity contribution < 1.29 is 9.90 Å². The average Bonchev–Trinajstić information content (AvgIpc) is 2.26. The van der Waals surface area contributed by atoms with Crippen LogP contribution < -0.4 is 10.6 Å². The van der Waals surface area contributed by atoms with Gasteiger partial charge < -0.3 is 15.7 Å². The molecule has 0 saturated heterocycles. The number of likely N-dealkylation sites (N-methyl/N-ethyl adjacent to an activating group) is 1. The Hall–Kier alpha value is -1.69. The molecule has 0 aliphatic heterocycles. The summed E-state index contributed by atoms with van der Waals surface area (Å²) in [5.41, 5.74) is 5.17. The van der Waals surface area contributed by atoms with Gasteiger partial charge in [-0.3, -0.25) is 4.79 Å². The van der Waals surface area contributed by atoms with E-state index in [-0.39, 0.29) is 12.3 Å². The molecule has 6 heteroatoms. The molecule has 0 aliphatic rings. The van der Waals surface area contributed by atoms with E-state index in [0.717, 1.165) is 0 Å². The quantitative estimate of drug-likeness (QED) is 0.676. The van der Waals surface area contributed by atoms with Crippen LogP contribution in [0.2, 0.25) is 0 Å². The summed E-state index contributed by atoms with van der Waals surface area (Å²) in [6, 6.07) is 3.18. The second-order valence-corrected chi connectivity index (χ2v) is 2.94. The maximum atomic E-state index is 10.7. The van der Waals surface area contributed by atoms with Crippen LogP contribution in [0, 0.1) is 0 Å². The van der Waals surface area contributed by atoms with Gasteiger partial charge in [0.2, 0.25) is 0 Å². The summed E-state index contributed by atoms with van der Waals surface area (Å²) < 4.78 is 0. The number of hydrogen-bond acceptors (Lipinski definition) is 5. The van der Waals surface area contributed by atoms with Crippen LogP contribution in [-0.4, -0.2) is 40.9 Å². The molecule has 1 amide bonds. The fourth-order valence-electron chi connectivity index (χ4n) is 1.18. The number of aromatic nitrogens is 2. The van der Waals surface area contributed by atoms with Crippen molar-refractivity contribution in [1.82, 2.24) is 10.2 Å². The Kier molecular flexibility index (Phi) is 3.99. The summed E-state index contributed by atoms with van der Waals surface area (Å²) >= 11 is 0. The van der Waals surface area contributed by atoms with Gasteiger partial charge in [-0.15, -0.1) is 10.2 Å². The lowest BCUT2D eigenvalue weighted by Gasteiger charge is -2.19. The maximum absolute atomic E-state index is 10.7. The highest BCUT2D eigenvalue weighted by Gasteiger charge is 2.07. The SMILES string of the molecule is CCN(CCO)c1ccc(C(N)=O)nn1. The summed E-state index contributed by atoms with van der Waals surface area (Å²) in [5.74, 6) is 0.0239. The van der Waals surface area contributed by atoms with Gasteiger partial charge in [0.15, 0.2) is 11.5 Å². The zero-order valence-corrected chi connectivity index (χ0v) is 8.55. The molecule has 0 radical (unpaired) electrons. The lowest BCUT2D eigenvalue weighted by atomic mass is 10.3. The maximum Gasteiger partial charge on any atom is 0.269 e. The molecule has 3 N–H and O–H groups in total. The number of carbonyl (C=O) groups is 1. The van der Waals surface area contributed by atoms with Crippen LogP contribution in [0.25, 0.3) is 0 Å². The topological polar surface area (TPSA) is 92.3 Å². The largest absolute Gasteiger partial charge is 0.395 e. The molecule has 0 atom stereocenters. The number of aliphatic hydroxyl groups is 1. The average molecular weight is 210 g/mol. The molecule has 1 rings (SSSR count). The van der Waals surface area contributed by atoms with Crippen LogP contribution in [0.4, 0.5) is 5.82 Å². The minimum absolute atomic E-state index is 0.0487. The molecule has 0 fully saturated rings. The number of nitrogens with zero attached hydrogens (tertiary/aromatic N) is 3. The first-order chi connectivity index (χ1) is 7.19. The predicted molar refractivity (Wildman–Crippen MR) is 55.5 cm³/mol. The van der Waals surface area contributed by atoms with E-state index in [1.165, 1.54) is 6.07 Å². The van der Waals surface area contributed by atoms with Crippen molar-refractivity contribution in [3.8, 4) is 0 Å². The second kappa shape index (κ2) is 5.26. The van der Waals surface area contributed by atoms with Crippen LogP contribution >= 0.6 is 0 Å². The monoisotopic (exact) mass is 210 g/mol. The van der Waals surface area contributed by atoms with E-state index < -0.39 is 5.91 Å². The van der Waals surface area contributed by atoms with Crippen molar-refractivity contribution in [2.45, 2.75) is 6.92 Å². The number of anilines is 1. The van der Waals surface area contributed by atoms with Crippen molar-refractivity contribution in [3.05, 3.63) is 17.8 Å². The Labute approximate surface area is 87.7 Å². The second-order valence-electron chi connectivity index (χ2n) is 2.94. The van der Waals surface area contributed by atoms with Crippen molar-refractivity contribution in [3.63, 3.8) is 0 Å². The lowest BCUT2D eigenvalue weighted by molar-refractivity contribution is 0.0994. The van der Waals surface area contributed by atoms with Crippen LogP contribution in [-0.2, 0) is 0 Å². The van der Waals surface area contributed by atoms with E-state index in [0.29, 0.717) is 18.9 Å². The fourth-order valence-corrected chi connectivity index (χ4v) is 1.18. The summed E-state index contributed by atoms with van der Waals surface area (Å²) in [6.45, 7) is 3.19. The highest BCUT2D eigenvalue weighted by Crippen LogP contribution is 2.08. The Morgan fingerprint density at radius 1 is 1.53 bits per heavy atom. The molecule has 0 unspecified atom stereocenters. The number of aliphatic hydroxyl groups excluding tert-OH is 1. The normalized spacial score (nSPS) is 10.0.